The maximum atomic E-state index is 13.3. The van der Waals surface area contributed by atoms with Crippen molar-refractivity contribution in [3.8, 4) is 16.5 Å². The highest BCUT2D eigenvalue weighted by Crippen LogP contribution is 2.35. The highest BCUT2D eigenvalue weighted by molar-refractivity contribution is 7.91. The Kier molecular flexibility index (Phi) is 5.12. The lowest BCUT2D eigenvalue weighted by molar-refractivity contribution is 0.415. The van der Waals surface area contributed by atoms with E-state index in [0.29, 0.717) is 11.4 Å². The van der Waals surface area contributed by atoms with Crippen LogP contribution in [0.5, 0.6) is 5.75 Å². The molecule has 0 saturated carbocycles. The summed E-state index contributed by atoms with van der Waals surface area (Å²) in [6.45, 7) is 1.90. The van der Waals surface area contributed by atoms with Crippen molar-refractivity contribution in [1.29, 1.82) is 0 Å². The molecule has 0 amide bonds. The molecule has 0 radical (unpaired) electrons. The van der Waals surface area contributed by atoms with Crippen LogP contribution in [0.1, 0.15) is 5.56 Å². The number of hydrogen-bond donors (Lipinski definition) is 1. The lowest BCUT2D eigenvalue weighted by Crippen LogP contribution is -2.05. The van der Waals surface area contributed by atoms with Crippen LogP contribution in [0.4, 0.5) is 11.6 Å². The Labute approximate surface area is 172 Å². The van der Waals surface area contributed by atoms with Crippen molar-refractivity contribution >= 4 is 32.7 Å². The van der Waals surface area contributed by atoms with E-state index in [1.54, 1.807) is 55.6 Å². The Bertz CT molecular complexity index is 1210. The normalized spacial score (nSPS) is 11.4. The number of rotatable bonds is 6. The minimum atomic E-state index is -3.88. The van der Waals surface area contributed by atoms with Crippen molar-refractivity contribution in [3.63, 3.8) is 0 Å². The second-order valence-corrected chi connectivity index (χ2v) is 9.11. The summed E-state index contributed by atoms with van der Waals surface area (Å²) in [4.78, 5) is 5.22. The van der Waals surface area contributed by atoms with Crippen molar-refractivity contribution < 1.29 is 17.6 Å². The zero-order valence-electron chi connectivity index (χ0n) is 15.7. The molecule has 0 fully saturated rings. The number of methoxy groups -OCH3 is 1. The SMILES string of the molecule is COc1ccc(Nc2oc(-c3cccs3)nc2S(=O)(=O)c2ccc(C)cc2)cc1. The van der Waals surface area contributed by atoms with E-state index in [9.17, 15) is 8.42 Å². The number of ether oxygens (including phenoxy) is 1. The maximum Gasteiger partial charge on any atom is 0.240 e. The first-order valence-corrected chi connectivity index (χ1v) is 11.1. The third-order valence-corrected chi connectivity index (χ3v) is 6.80. The van der Waals surface area contributed by atoms with Crippen molar-refractivity contribution in [1.82, 2.24) is 4.98 Å². The highest BCUT2D eigenvalue weighted by Gasteiger charge is 2.29. The van der Waals surface area contributed by atoms with Gasteiger partial charge in [0.25, 0.3) is 0 Å². The molecule has 0 aliphatic rings. The Balaban J connectivity index is 1.79. The second-order valence-electron chi connectivity index (χ2n) is 6.30. The van der Waals surface area contributed by atoms with Gasteiger partial charge < -0.3 is 14.5 Å². The fourth-order valence-electron chi connectivity index (χ4n) is 2.71. The lowest BCUT2D eigenvalue weighted by atomic mass is 10.2. The summed E-state index contributed by atoms with van der Waals surface area (Å²) in [5.41, 5.74) is 1.62. The van der Waals surface area contributed by atoms with Gasteiger partial charge in [-0.1, -0.05) is 23.8 Å². The number of sulfone groups is 1. The number of benzene rings is 2. The average molecular weight is 427 g/mol. The smallest absolute Gasteiger partial charge is 0.240 e. The van der Waals surface area contributed by atoms with E-state index in [1.165, 1.54) is 11.3 Å². The quantitative estimate of drug-likeness (QED) is 0.451. The van der Waals surface area contributed by atoms with Gasteiger partial charge in [-0.2, -0.15) is 4.98 Å². The van der Waals surface area contributed by atoms with E-state index in [2.05, 4.69) is 10.3 Å². The molecule has 6 nitrogen and oxygen atoms in total. The van der Waals surface area contributed by atoms with Crippen molar-refractivity contribution in [2.24, 2.45) is 0 Å². The first-order chi connectivity index (χ1) is 14.0. The summed E-state index contributed by atoms with van der Waals surface area (Å²) in [5.74, 6) is 1.01. The molecule has 29 heavy (non-hydrogen) atoms. The Hall–Kier alpha value is -3.10. The molecule has 0 spiro atoms. The van der Waals surface area contributed by atoms with Crippen LogP contribution in [0.25, 0.3) is 10.8 Å². The van der Waals surface area contributed by atoms with Crippen LogP contribution in [0.3, 0.4) is 0 Å². The van der Waals surface area contributed by atoms with E-state index >= 15 is 0 Å². The molecule has 2 aromatic heterocycles. The van der Waals surface area contributed by atoms with Crippen LogP contribution in [-0.2, 0) is 9.84 Å². The Morgan fingerprint density at radius 1 is 1.03 bits per heavy atom. The van der Waals surface area contributed by atoms with E-state index in [-0.39, 0.29) is 21.7 Å². The second kappa shape index (κ2) is 7.73. The van der Waals surface area contributed by atoms with Gasteiger partial charge in [0.2, 0.25) is 26.6 Å². The number of nitrogens with zero attached hydrogens (tertiary/aromatic N) is 1. The van der Waals surface area contributed by atoms with E-state index in [0.717, 1.165) is 10.4 Å². The zero-order chi connectivity index (χ0) is 20.4. The van der Waals surface area contributed by atoms with Gasteiger partial charge in [-0.25, -0.2) is 8.42 Å². The van der Waals surface area contributed by atoms with Crippen LogP contribution in [-0.4, -0.2) is 20.5 Å². The van der Waals surface area contributed by atoms with E-state index < -0.39 is 9.84 Å². The van der Waals surface area contributed by atoms with E-state index in [1.807, 2.05) is 24.4 Å². The molecular formula is C21H18N2O4S2. The van der Waals surface area contributed by atoms with Crippen LogP contribution in [0.2, 0.25) is 0 Å². The molecule has 0 saturated heterocycles. The minimum Gasteiger partial charge on any atom is -0.497 e. The van der Waals surface area contributed by atoms with E-state index in [4.69, 9.17) is 9.15 Å². The molecule has 0 unspecified atom stereocenters. The fraction of sp³-hybridized carbons (Fsp3) is 0.0952. The number of thiophene rings is 1. The van der Waals surface area contributed by atoms with Crippen LogP contribution in [0.15, 0.2) is 80.4 Å². The van der Waals surface area contributed by atoms with Gasteiger partial charge in [-0.05, 0) is 54.8 Å². The van der Waals surface area contributed by atoms with Crippen molar-refractivity contribution in [3.05, 3.63) is 71.6 Å². The molecule has 8 heteroatoms. The third kappa shape index (κ3) is 3.90. The summed E-state index contributed by atoms with van der Waals surface area (Å²) >= 11 is 1.42. The summed E-state index contributed by atoms with van der Waals surface area (Å²) in [6.07, 6.45) is 0. The van der Waals surface area contributed by atoms with Crippen molar-refractivity contribution in [2.45, 2.75) is 16.8 Å². The van der Waals surface area contributed by atoms with Gasteiger partial charge >= 0.3 is 0 Å². The molecule has 0 aliphatic carbocycles. The minimum absolute atomic E-state index is 0.0686. The first kappa shape index (κ1) is 19.2. The molecule has 2 heterocycles. The van der Waals surface area contributed by atoms with Gasteiger partial charge in [0, 0.05) is 5.69 Å². The van der Waals surface area contributed by atoms with Gasteiger partial charge in [-0.15, -0.1) is 11.3 Å². The van der Waals surface area contributed by atoms with Crippen molar-refractivity contribution in [2.75, 3.05) is 12.4 Å². The molecule has 4 rings (SSSR count). The number of anilines is 2. The predicted octanol–water partition coefficient (Wildman–Crippen LogP) is 5.30. The molecule has 148 valence electrons. The monoisotopic (exact) mass is 426 g/mol. The fourth-order valence-corrected chi connectivity index (χ4v) is 4.61. The molecule has 0 atom stereocenters. The number of aryl methyl sites for hydroxylation is 1. The highest BCUT2D eigenvalue weighted by atomic mass is 32.2. The largest absolute Gasteiger partial charge is 0.497 e. The number of hydrogen-bond acceptors (Lipinski definition) is 7. The standard InChI is InChI=1S/C21H18N2O4S2/c1-14-5-11-17(12-6-14)29(24,25)21-20(22-15-7-9-16(26-2)10-8-15)27-19(23-21)18-4-3-13-28-18/h3-13,22H,1-2H3. The summed E-state index contributed by atoms with van der Waals surface area (Å²) in [6, 6.07) is 17.4. The summed E-state index contributed by atoms with van der Waals surface area (Å²) in [5, 5.41) is 4.76. The first-order valence-electron chi connectivity index (χ1n) is 8.75. The molecule has 2 aromatic carbocycles. The summed E-state index contributed by atoms with van der Waals surface area (Å²) in [7, 11) is -2.30. The predicted molar refractivity (Wildman–Crippen MR) is 113 cm³/mol. The van der Waals surface area contributed by atoms with Crippen LogP contribution < -0.4 is 10.1 Å². The average Bonchev–Trinajstić information content (AvgIpc) is 3.39. The van der Waals surface area contributed by atoms with Crippen LogP contribution in [0, 0.1) is 6.92 Å². The number of nitrogens with one attached hydrogen (secondary N) is 1. The molecule has 4 aromatic rings. The van der Waals surface area contributed by atoms with Gasteiger partial charge in [0.15, 0.2) is 0 Å². The van der Waals surface area contributed by atoms with Crippen LogP contribution >= 0.6 is 11.3 Å². The Morgan fingerprint density at radius 2 is 1.76 bits per heavy atom. The van der Waals surface area contributed by atoms with Gasteiger partial charge in [-0.3, -0.25) is 0 Å². The lowest BCUT2D eigenvalue weighted by Gasteiger charge is -2.07. The maximum absolute atomic E-state index is 13.3. The molecule has 1 N–H and O–H groups in total. The Morgan fingerprint density at radius 3 is 2.38 bits per heavy atom. The number of aromatic nitrogens is 1. The van der Waals surface area contributed by atoms with Gasteiger partial charge in [0.05, 0.1) is 16.9 Å². The molecule has 0 bridgehead atoms. The topological polar surface area (TPSA) is 81.4 Å². The molecular weight excluding hydrogens is 408 g/mol. The summed E-state index contributed by atoms with van der Waals surface area (Å²) < 4.78 is 37.5. The third-order valence-electron chi connectivity index (χ3n) is 4.26. The van der Waals surface area contributed by atoms with Gasteiger partial charge in [0.1, 0.15) is 5.75 Å². The molecule has 0 aliphatic heterocycles. The number of oxazole rings is 1. The zero-order valence-corrected chi connectivity index (χ0v) is 17.4.